The minimum Gasteiger partial charge on any atom is -0.460 e. The van der Waals surface area contributed by atoms with E-state index in [9.17, 15) is 4.79 Å². The Morgan fingerprint density at radius 2 is 1.14 bits per heavy atom. The zero-order valence-electron chi connectivity index (χ0n) is 16.1. The van der Waals surface area contributed by atoms with Crippen LogP contribution in [0.15, 0.2) is 0 Å². The Hall–Kier alpha value is -0.530. The number of ether oxygens (including phenoxy) is 1. The highest BCUT2D eigenvalue weighted by atomic mass is 16.6. The van der Waals surface area contributed by atoms with Gasteiger partial charge < -0.3 is 4.74 Å². The highest BCUT2D eigenvalue weighted by Crippen LogP contribution is 2.34. The fraction of sp³-hybridized carbons (Fsp3) is 0.950. The van der Waals surface area contributed by atoms with Crippen molar-refractivity contribution in [3.63, 3.8) is 0 Å². The first-order chi connectivity index (χ1) is 10.2. The minimum absolute atomic E-state index is 0.00647. The molecule has 0 bridgehead atoms. The van der Waals surface area contributed by atoms with Gasteiger partial charge in [0.15, 0.2) is 0 Å². The van der Waals surface area contributed by atoms with Crippen molar-refractivity contribution in [2.45, 2.75) is 118 Å². The molecule has 0 fully saturated rings. The zero-order valence-corrected chi connectivity index (χ0v) is 16.1. The lowest BCUT2D eigenvalue weighted by Crippen LogP contribution is -2.36. The van der Waals surface area contributed by atoms with Crippen molar-refractivity contribution < 1.29 is 9.53 Å². The van der Waals surface area contributed by atoms with Crippen molar-refractivity contribution in [3.8, 4) is 0 Å². The van der Waals surface area contributed by atoms with Crippen LogP contribution in [0.4, 0.5) is 0 Å². The molecule has 2 heteroatoms. The fourth-order valence-corrected chi connectivity index (χ4v) is 2.79. The molecule has 0 aliphatic rings. The first-order valence-electron chi connectivity index (χ1n) is 9.48. The topological polar surface area (TPSA) is 26.3 Å². The van der Waals surface area contributed by atoms with Crippen molar-refractivity contribution in [1.82, 2.24) is 0 Å². The maximum absolute atomic E-state index is 12.6. The lowest BCUT2D eigenvalue weighted by atomic mass is 9.79. The first-order valence-corrected chi connectivity index (χ1v) is 9.48. The summed E-state index contributed by atoms with van der Waals surface area (Å²) in [5.41, 5.74) is -0.683. The molecule has 0 N–H and O–H groups in total. The molecule has 0 saturated carbocycles. The van der Waals surface area contributed by atoms with Gasteiger partial charge in [0.05, 0.1) is 5.41 Å². The van der Waals surface area contributed by atoms with E-state index in [1.54, 1.807) is 0 Å². The third-order valence-electron chi connectivity index (χ3n) is 4.31. The highest BCUT2D eigenvalue weighted by molar-refractivity contribution is 5.76. The van der Waals surface area contributed by atoms with E-state index in [4.69, 9.17) is 4.74 Å². The van der Waals surface area contributed by atoms with E-state index < -0.39 is 0 Å². The monoisotopic (exact) mass is 312 g/mol. The minimum atomic E-state index is -0.385. The molecule has 0 aromatic rings. The Labute approximate surface area is 139 Å². The van der Waals surface area contributed by atoms with E-state index in [2.05, 4.69) is 20.8 Å². The molecule has 0 aliphatic heterocycles. The quantitative estimate of drug-likeness (QED) is 0.297. The molecular formula is C20H40O2. The summed E-state index contributed by atoms with van der Waals surface area (Å²) >= 11 is 0. The van der Waals surface area contributed by atoms with E-state index in [0.717, 1.165) is 25.7 Å². The van der Waals surface area contributed by atoms with Gasteiger partial charge in [0, 0.05) is 0 Å². The summed E-state index contributed by atoms with van der Waals surface area (Å²) in [5.74, 6) is 0.00647. The normalized spacial score (nSPS) is 14.6. The van der Waals surface area contributed by atoms with Gasteiger partial charge in [-0.1, -0.05) is 71.6 Å². The van der Waals surface area contributed by atoms with Crippen molar-refractivity contribution in [3.05, 3.63) is 0 Å². The number of rotatable bonds is 12. The SMILES string of the molecule is CCCCCCCC(C)(CCCCCC)C(=O)OC(C)(C)C. The van der Waals surface area contributed by atoms with Crippen LogP contribution in [0, 0.1) is 5.41 Å². The van der Waals surface area contributed by atoms with Gasteiger partial charge in [0.1, 0.15) is 5.60 Å². The van der Waals surface area contributed by atoms with Crippen LogP contribution in [0.3, 0.4) is 0 Å². The number of carbonyl (C=O) groups is 1. The Morgan fingerprint density at radius 1 is 0.727 bits per heavy atom. The highest BCUT2D eigenvalue weighted by Gasteiger charge is 2.36. The molecule has 2 nitrogen and oxygen atoms in total. The summed E-state index contributed by atoms with van der Waals surface area (Å²) in [5, 5.41) is 0. The molecule has 1 unspecified atom stereocenters. The second kappa shape index (κ2) is 11.1. The third kappa shape index (κ3) is 10.2. The van der Waals surface area contributed by atoms with Gasteiger partial charge in [-0.3, -0.25) is 4.79 Å². The van der Waals surface area contributed by atoms with Crippen LogP contribution in [-0.2, 0) is 9.53 Å². The van der Waals surface area contributed by atoms with Gasteiger partial charge in [-0.15, -0.1) is 0 Å². The maximum atomic E-state index is 12.6. The Bertz CT molecular complexity index is 291. The van der Waals surface area contributed by atoms with Gasteiger partial charge in [-0.25, -0.2) is 0 Å². The Balaban J connectivity index is 4.49. The summed E-state index contributed by atoms with van der Waals surface area (Å²) in [6.45, 7) is 12.5. The molecule has 0 amide bonds. The first kappa shape index (κ1) is 21.5. The molecule has 0 aliphatic carbocycles. The van der Waals surface area contributed by atoms with Crippen LogP contribution < -0.4 is 0 Å². The molecular weight excluding hydrogens is 272 g/mol. The molecule has 1 atom stereocenters. The van der Waals surface area contributed by atoms with Crippen LogP contribution >= 0.6 is 0 Å². The van der Waals surface area contributed by atoms with Crippen molar-refractivity contribution >= 4 is 5.97 Å². The maximum Gasteiger partial charge on any atom is 0.312 e. The summed E-state index contributed by atoms with van der Waals surface area (Å²) in [7, 11) is 0. The smallest absolute Gasteiger partial charge is 0.312 e. The number of esters is 1. The van der Waals surface area contributed by atoms with Gasteiger partial charge in [-0.05, 0) is 40.5 Å². The molecule has 0 rings (SSSR count). The molecule has 0 aromatic heterocycles. The summed E-state index contributed by atoms with van der Waals surface area (Å²) in [6, 6.07) is 0. The number of hydrogen-bond acceptors (Lipinski definition) is 2. The predicted octanol–water partition coefficient (Wildman–Crippen LogP) is 6.67. The Morgan fingerprint density at radius 3 is 1.55 bits per heavy atom. The van der Waals surface area contributed by atoms with E-state index >= 15 is 0 Å². The number of carbonyl (C=O) groups excluding carboxylic acids is 1. The van der Waals surface area contributed by atoms with Crippen LogP contribution in [0.5, 0.6) is 0 Å². The van der Waals surface area contributed by atoms with Gasteiger partial charge in [-0.2, -0.15) is 0 Å². The fourth-order valence-electron chi connectivity index (χ4n) is 2.79. The van der Waals surface area contributed by atoms with Crippen LogP contribution in [0.2, 0.25) is 0 Å². The Kier molecular flexibility index (Phi) is 10.8. The number of hydrogen-bond donors (Lipinski definition) is 0. The van der Waals surface area contributed by atoms with E-state index in [1.165, 1.54) is 44.9 Å². The molecule has 0 aromatic carbocycles. The third-order valence-corrected chi connectivity index (χ3v) is 4.31. The van der Waals surface area contributed by atoms with Gasteiger partial charge in [0.25, 0.3) is 0 Å². The van der Waals surface area contributed by atoms with Crippen molar-refractivity contribution in [1.29, 1.82) is 0 Å². The predicted molar refractivity (Wildman–Crippen MR) is 96.1 cm³/mol. The summed E-state index contributed by atoms with van der Waals surface area (Å²) in [4.78, 5) is 12.6. The molecule has 0 spiro atoms. The summed E-state index contributed by atoms with van der Waals surface area (Å²) < 4.78 is 5.70. The van der Waals surface area contributed by atoms with Crippen LogP contribution in [0.25, 0.3) is 0 Å². The van der Waals surface area contributed by atoms with Crippen molar-refractivity contribution in [2.75, 3.05) is 0 Å². The molecule has 22 heavy (non-hydrogen) atoms. The zero-order chi connectivity index (χ0) is 17.1. The molecule has 0 heterocycles. The van der Waals surface area contributed by atoms with Crippen molar-refractivity contribution in [2.24, 2.45) is 5.41 Å². The van der Waals surface area contributed by atoms with E-state index in [-0.39, 0.29) is 17.0 Å². The average molecular weight is 313 g/mol. The molecule has 132 valence electrons. The van der Waals surface area contributed by atoms with Crippen LogP contribution in [-0.4, -0.2) is 11.6 Å². The largest absolute Gasteiger partial charge is 0.460 e. The molecule has 0 radical (unpaired) electrons. The van der Waals surface area contributed by atoms with Gasteiger partial charge in [0.2, 0.25) is 0 Å². The average Bonchev–Trinajstić information content (AvgIpc) is 2.41. The number of unbranched alkanes of at least 4 members (excludes halogenated alkanes) is 7. The van der Waals surface area contributed by atoms with E-state index in [0.29, 0.717) is 0 Å². The summed E-state index contributed by atoms with van der Waals surface area (Å²) in [6.07, 6.45) is 13.0. The molecule has 0 saturated heterocycles. The van der Waals surface area contributed by atoms with E-state index in [1.807, 2.05) is 20.8 Å². The second-order valence-corrected chi connectivity index (χ2v) is 8.04. The second-order valence-electron chi connectivity index (χ2n) is 8.04. The standard InChI is InChI=1S/C20H40O2/c1-7-9-11-13-15-17-20(6,16-14-12-10-8-2)18(21)22-19(3,4)5/h7-17H2,1-6H3. The van der Waals surface area contributed by atoms with Gasteiger partial charge >= 0.3 is 5.97 Å². The lowest BCUT2D eigenvalue weighted by Gasteiger charge is -2.31. The lowest BCUT2D eigenvalue weighted by molar-refractivity contribution is -0.167. The van der Waals surface area contributed by atoms with Crippen LogP contribution in [0.1, 0.15) is 112 Å².